The average molecular weight is 334 g/mol. The van der Waals surface area contributed by atoms with Gasteiger partial charge < -0.3 is 19.7 Å². The van der Waals surface area contributed by atoms with E-state index in [1.165, 1.54) is 0 Å². The molecule has 6 heteroatoms. The fraction of sp³-hybridized carbons (Fsp3) is 0.556. The summed E-state index contributed by atoms with van der Waals surface area (Å²) in [6.07, 6.45) is 1.53. The largest absolute Gasteiger partial charge is 0.382 e. The predicted molar refractivity (Wildman–Crippen MR) is 90.9 cm³/mol. The van der Waals surface area contributed by atoms with Crippen LogP contribution in [0.5, 0.6) is 0 Å². The van der Waals surface area contributed by atoms with Crippen LogP contribution in [0.1, 0.15) is 28.8 Å². The van der Waals surface area contributed by atoms with Crippen LogP contribution in [-0.4, -0.2) is 62.8 Å². The van der Waals surface area contributed by atoms with Gasteiger partial charge in [0.25, 0.3) is 5.91 Å². The van der Waals surface area contributed by atoms with Gasteiger partial charge in [-0.05, 0) is 31.9 Å². The number of amides is 2. The molecule has 6 nitrogen and oxygen atoms in total. The van der Waals surface area contributed by atoms with Gasteiger partial charge in [0.05, 0.1) is 13.2 Å². The number of aryl methyl sites for hydroxylation is 1. The van der Waals surface area contributed by atoms with E-state index in [9.17, 15) is 9.59 Å². The number of hydrogen-bond acceptors (Lipinski definition) is 4. The zero-order valence-corrected chi connectivity index (χ0v) is 14.4. The lowest BCUT2D eigenvalue weighted by Gasteiger charge is -2.32. The second-order valence-corrected chi connectivity index (χ2v) is 6.05. The van der Waals surface area contributed by atoms with Crippen LogP contribution in [0.2, 0.25) is 0 Å². The topological polar surface area (TPSA) is 67.9 Å². The summed E-state index contributed by atoms with van der Waals surface area (Å²) in [7, 11) is 1.59. The SMILES string of the molecule is COCCOCC(=O)NC1CCN(C(=O)c2ccc(C)cc2)CC1. The van der Waals surface area contributed by atoms with Crippen molar-refractivity contribution in [1.82, 2.24) is 10.2 Å². The minimum absolute atomic E-state index is 0.0475. The quantitative estimate of drug-likeness (QED) is 0.765. The number of likely N-dealkylation sites (tertiary alicyclic amines) is 1. The maximum atomic E-state index is 12.4. The summed E-state index contributed by atoms with van der Waals surface area (Å²) in [5.74, 6) is -0.0583. The number of nitrogens with zero attached hydrogens (tertiary/aromatic N) is 1. The molecular weight excluding hydrogens is 308 g/mol. The summed E-state index contributed by atoms with van der Waals surface area (Å²) in [5.41, 5.74) is 1.86. The first-order valence-corrected chi connectivity index (χ1v) is 8.32. The molecule has 1 aromatic rings. The summed E-state index contributed by atoms with van der Waals surface area (Å²) in [5, 5.41) is 2.96. The van der Waals surface area contributed by atoms with Gasteiger partial charge in [-0.1, -0.05) is 17.7 Å². The molecule has 132 valence electrons. The lowest BCUT2D eigenvalue weighted by Crippen LogP contribution is -2.47. The second-order valence-electron chi connectivity index (χ2n) is 6.05. The number of piperidine rings is 1. The molecule has 0 aromatic heterocycles. The molecule has 2 rings (SSSR count). The van der Waals surface area contributed by atoms with Crippen LogP contribution >= 0.6 is 0 Å². The molecule has 0 saturated carbocycles. The Balaban J connectivity index is 1.72. The van der Waals surface area contributed by atoms with Gasteiger partial charge in [-0.25, -0.2) is 0 Å². The highest BCUT2D eigenvalue weighted by Gasteiger charge is 2.24. The smallest absolute Gasteiger partial charge is 0.253 e. The van der Waals surface area contributed by atoms with Crippen molar-refractivity contribution in [2.75, 3.05) is 40.0 Å². The van der Waals surface area contributed by atoms with Gasteiger partial charge in [0.2, 0.25) is 5.91 Å². The molecule has 1 N–H and O–H groups in total. The molecule has 1 aliphatic heterocycles. The summed E-state index contributed by atoms with van der Waals surface area (Å²) in [4.78, 5) is 26.1. The van der Waals surface area contributed by atoms with E-state index in [2.05, 4.69) is 5.32 Å². The van der Waals surface area contributed by atoms with Gasteiger partial charge in [-0.3, -0.25) is 9.59 Å². The summed E-state index contributed by atoms with van der Waals surface area (Å²) in [6, 6.07) is 7.73. The fourth-order valence-corrected chi connectivity index (χ4v) is 2.68. The van der Waals surface area contributed by atoms with E-state index in [0.29, 0.717) is 26.3 Å². The second kappa shape index (κ2) is 9.39. The van der Waals surface area contributed by atoms with E-state index in [1.807, 2.05) is 36.1 Å². The van der Waals surface area contributed by atoms with Crippen LogP contribution in [0.25, 0.3) is 0 Å². The molecule has 2 amide bonds. The number of hydrogen-bond donors (Lipinski definition) is 1. The number of methoxy groups -OCH3 is 1. The average Bonchev–Trinajstić information content (AvgIpc) is 2.59. The van der Waals surface area contributed by atoms with Crippen molar-refractivity contribution in [3.8, 4) is 0 Å². The lowest BCUT2D eigenvalue weighted by molar-refractivity contribution is -0.127. The number of carbonyl (C=O) groups excluding carboxylic acids is 2. The van der Waals surface area contributed by atoms with Crippen molar-refractivity contribution in [3.63, 3.8) is 0 Å². The van der Waals surface area contributed by atoms with Crippen molar-refractivity contribution in [3.05, 3.63) is 35.4 Å². The highest BCUT2D eigenvalue weighted by molar-refractivity contribution is 5.94. The molecule has 0 aliphatic carbocycles. The number of benzene rings is 1. The van der Waals surface area contributed by atoms with Crippen molar-refractivity contribution in [1.29, 1.82) is 0 Å². The predicted octanol–water partition coefficient (Wildman–Crippen LogP) is 1.38. The van der Waals surface area contributed by atoms with Gasteiger partial charge in [0.1, 0.15) is 6.61 Å². The van der Waals surface area contributed by atoms with Gasteiger partial charge >= 0.3 is 0 Å². The Morgan fingerprint density at radius 1 is 1.17 bits per heavy atom. The first-order chi connectivity index (χ1) is 11.6. The standard InChI is InChI=1S/C18H26N2O4/c1-14-3-5-15(6-4-14)18(22)20-9-7-16(8-10-20)19-17(21)13-24-12-11-23-2/h3-6,16H,7-13H2,1-2H3,(H,19,21). The van der Waals surface area contributed by atoms with E-state index < -0.39 is 0 Å². The first kappa shape index (κ1) is 18.4. The molecule has 0 spiro atoms. The van der Waals surface area contributed by atoms with E-state index in [1.54, 1.807) is 7.11 Å². The van der Waals surface area contributed by atoms with Crippen LogP contribution < -0.4 is 5.32 Å². The maximum Gasteiger partial charge on any atom is 0.253 e. The molecule has 0 bridgehead atoms. The normalized spacial score (nSPS) is 15.3. The van der Waals surface area contributed by atoms with Crippen LogP contribution in [0.15, 0.2) is 24.3 Å². The monoisotopic (exact) mass is 334 g/mol. The summed E-state index contributed by atoms with van der Waals surface area (Å²) in [6.45, 7) is 4.25. The van der Waals surface area contributed by atoms with Crippen molar-refractivity contribution in [2.45, 2.75) is 25.8 Å². The lowest BCUT2D eigenvalue weighted by atomic mass is 10.0. The van der Waals surface area contributed by atoms with Crippen LogP contribution in [0, 0.1) is 6.92 Å². The number of rotatable bonds is 7. The molecule has 1 aliphatic rings. The van der Waals surface area contributed by atoms with Gasteiger partial charge in [-0.15, -0.1) is 0 Å². The molecule has 1 fully saturated rings. The maximum absolute atomic E-state index is 12.4. The Morgan fingerprint density at radius 2 is 1.83 bits per heavy atom. The highest BCUT2D eigenvalue weighted by Crippen LogP contribution is 2.14. The molecule has 1 aromatic carbocycles. The molecule has 24 heavy (non-hydrogen) atoms. The van der Waals surface area contributed by atoms with E-state index in [-0.39, 0.29) is 24.5 Å². The summed E-state index contributed by atoms with van der Waals surface area (Å²) < 4.78 is 10.1. The van der Waals surface area contributed by atoms with Gasteiger partial charge in [-0.2, -0.15) is 0 Å². The molecule has 0 atom stereocenters. The third-order valence-electron chi connectivity index (χ3n) is 4.11. The molecule has 1 saturated heterocycles. The van der Waals surface area contributed by atoms with Crippen molar-refractivity contribution in [2.24, 2.45) is 0 Å². The minimum atomic E-state index is -0.116. The summed E-state index contributed by atoms with van der Waals surface area (Å²) >= 11 is 0. The molecular formula is C18H26N2O4. The van der Waals surface area contributed by atoms with E-state index in [4.69, 9.17) is 9.47 Å². The van der Waals surface area contributed by atoms with E-state index in [0.717, 1.165) is 24.0 Å². The van der Waals surface area contributed by atoms with Crippen molar-refractivity contribution < 1.29 is 19.1 Å². The minimum Gasteiger partial charge on any atom is -0.382 e. The zero-order valence-electron chi connectivity index (χ0n) is 14.4. The highest BCUT2D eigenvalue weighted by atomic mass is 16.5. The molecule has 0 radical (unpaired) electrons. The molecule has 1 heterocycles. The zero-order chi connectivity index (χ0) is 17.4. The Labute approximate surface area is 143 Å². The van der Waals surface area contributed by atoms with Crippen molar-refractivity contribution >= 4 is 11.8 Å². The van der Waals surface area contributed by atoms with Crippen LogP contribution in [-0.2, 0) is 14.3 Å². The number of carbonyl (C=O) groups is 2. The number of nitrogens with one attached hydrogen (secondary N) is 1. The molecule has 0 unspecified atom stereocenters. The Bertz CT molecular complexity index is 536. The van der Waals surface area contributed by atoms with Crippen LogP contribution in [0.4, 0.5) is 0 Å². The Hall–Kier alpha value is -1.92. The Morgan fingerprint density at radius 3 is 2.46 bits per heavy atom. The third-order valence-corrected chi connectivity index (χ3v) is 4.11. The van der Waals surface area contributed by atoms with Crippen LogP contribution in [0.3, 0.4) is 0 Å². The van der Waals surface area contributed by atoms with Gasteiger partial charge in [0, 0.05) is 31.8 Å². The fourth-order valence-electron chi connectivity index (χ4n) is 2.68. The van der Waals surface area contributed by atoms with E-state index >= 15 is 0 Å². The van der Waals surface area contributed by atoms with Gasteiger partial charge in [0.15, 0.2) is 0 Å². The first-order valence-electron chi connectivity index (χ1n) is 8.32. The third kappa shape index (κ3) is 5.62. The Kier molecular flexibility index (Phi) is 7.21. The number of ether oxygens (including phenoxy) is 2.